The van der Waals surface area contributed by atoms with Gasteiger partial charge in [-0.05, 0) is 32.1 Å². The van der Waals surface area contributed by atoms with Crippen LogP contribution in [0.15, 0.2) is 0 Å². The van der Waals surface area contributed by atoms with Crippen LogP contribution in [0.4, 0.5) is 0 Å². The van der Waals surface area contributed by atoms with Gasteiger partial charge >= 0.3 is 0 Å². The fourth-order valence-electron chi connectivity index (χ4n) is 3.63. The summed E-state index contributed by atoms with van der Waals surface area (Å²) in [4.78, 5) is 14.3. The van der Waals surface area contributed by atoms with Crippen molar-refractivity contribution in [1.29, 1.82) is 0 Å². The van der Waals surface area contributed by atoms with Gasteiger partial charge in [-0.25, -0.2) is 0 Å². The van der Waals surface area contributed by atoms with Gasteiger partial charge in [0.1, 0.15) is 0 Å². The van der Waals surface area contributed by atoms with Gasteiger partial charge in [0.2, 0.25) is 5.91 Å². The average molecular weight is 224 g/mol. The number of fused-ring (bicyclic) bond motifs is 2. The number of nitrogens with one attached hydrogen (secondary N) is 1. The molecule has 0 aromatic carbocycles. The quantitative estimate of drug-likeness (QED) is 0.700. The summed E-state index contributed by atoms with van der Waals surface area (Å²) in [5.74, 6) is 0.474. The predicted molar refractivity (Wildman–Crippen MR) is 59.9 cm³/mol. The number of hydrogen-bond donors (Lipinski definition) is 2. The van der Waals surface area contributed by atoms with Crippen LogP contribution in [-0.4, -0.2) is 47.2 Å². The first-order valence-corrected chi connectivity index (χ1v) is 6.47. The fourth-order valence-corrected chi connectivity index (χ4v) is 3.63. The summed E-state index contributed by atoms with van der Waals surface area (Å²) in [6.07, 6.45) is 5.41. The van der Waals surface area contributed by atoms with Crippen molar-refractivity contribution in [1.82, 2.24) is 10.2 Å². The number of aliphatic hydroxyl groups is 1. The molecule has 4 nitrogen and oxygen atoms in total. The maximum atomic E-state index is 12.4. The van der Waals surface area contributed by atoms with Crippen molar-refractivity contribution in [2.24, 2.45) is 5.92 Å². The fraction of sp³-hybridized carbons (Fsp3) is 0.917. The molecule has 3 aliphatic heterocycles. The normalized spacial score (nSPS) is 41.9. The zero-order chi connectivity index (χ0) is 11.1. The first-order chi connectivity index (χ1) is 7.79. The molecular formula is C12H20N2O2. The Bertz CT molecular complexity index is 287. The van der Waals surface area contributed by atoms with E-state index in [1.165, 1.54) is 6.42 Å². The van der Waals surface area contributed by atoms with Gasteiger partial charge in [0.05, 0.1) is 18.6 Å². The zero-order valence-corrected chi connectivity index (χ0v) is 9.56. The summed E-state index contributed by atoms with van der Waals surface area (Å²) in [7, 11) is 0. The van der Waals surface area contributed by atoms with Gasteiger partial charge in [-0.1, -0.05) is 0 Å². The summed E-state index contributed by atoms with van der Waals surface area (Å²) in [6, 6.07) is 1.08. The van der Waals surface area contributed by atoms with Gasteiger partial charge in [-0.3, -0.25) is 4.79 Å². The molecule has 4 unspecified atom stereocenters. The van der Waals surface area contributed by atoms with Crippen LogP contribution in [0.2, 0.25) is 0 Å². The molecule has 4 heteroatoms. The van der Waals surface area contributed by atoms with Crippen molar-refractivity contribution >= 4 is 5.91 Å². The Morgan fingerprint density at radius 3 is 2.88 bits per heavy atom. The van der Waals surface area contributed by atoms with Gasteiger partial charge < -0.3 is 15.3 Å². The van der Waals surface area contributed by atoms with Gasteiger partial charge in [0.25, 0.3) is 0 Å². The molecule has 4 atom stereocenters. The van der Waals surface area contributed by atoms with Crippen molar-refractivity contribution in [2.45, 2.75) is 50.2 Å². The third-order valence-electron chi connectivity index (χ3n) is 4.49. The topological polar surface area (TPSA) is 52.6 Å². The van der Waals surface area contributed by atoms with E-state index < -0.39 is 0 Å². The van der Waals surface area contributed by atoms with E-state index in [1.54, 1.807) is 0 Å². The summed E-state index contributed by atoms with van der Waals surface area (Å²) in [6.45, 7) is 0.970. The Morgan fingerprint density at radius 2 is 2.25 bits per heavy atom. The third kappa shape index (κ3) is 1.55. The molecule has 0 spiro atoms. The van der Waals surface area contributed by atoms with Crippen LogP contribution in [0, 0.1) is 5.92 Å². The van der Waals surface area contributed by atoms with Crippen LogP contribution in [-0.2, 0) is 4.79 Å². The van der Waals surface area contributed by atoms with Gasteiger partial charge in [-0.15, -0.1) is 0 Å². The highest BCUT2D eigenvalue weighted by atomic mass is 16.3. The third-order valence-corrected chi connectivity index (χ3v) is 4.49. The summed E-state index contributed by atoms with van der Waals surface area (Å²) in [5.41, 5.74) is 0. The minimum absolute atomic E-state index is 0.0895. The Morgan fingerprint density at radius 1 is 1.38 bits per heavy atom. The second-order valence-electron chi connectivity index (χ2n) is 5.40. The number of likely N-dealkylation sites (tertiary alicyclic amines) is 1. The SMILES string of the molecule is O=C(C1CC2CCC1N2)N1CCCC1CO. The zero-order valence-electron chi connectivity index (χ0n) is 9.56. The van der Waals surface area contributed by atoms with Crippen LogP contribution < -0.4 is 5.32 Å². The molecule has 0 aromatic rings. The second-order valence-corrected chi connectivity index (χ2v) is 5.40. The smallest absolute Gasteiger partial charge is 0.227 e. The monoisotopic (exact) mass is 224 g/mol. The molecule has 0 aromatic heterocycles. The minimum Gasteiger partial charge on any atom is -0.394 e. The lowest BCUT2D eigenvalue weighted by molar-refractivity contribution is -0.137. The summed E-state index contributed by atoms with van der Waals surface area (Å²) in [5, 5.41) is 12.8. The first-order valence-electron chi connectivity index (χ1n) is 6.47. The molecule has 0 radical (unpaired) electrons. The highest BCUT2D eigenvalue weighted by Crippen LogP contribution is 2.35. The number of amides is 1. The average Bonchev–Trinajstić information content (AvgIpc) is 3.02. The molecule has 2 N–H and O–H groups in total. The van der Waals surface area contributed by atoms with Crippen LogP contribution in [0.25, 0.3) is 0 Å². The molecule has 3 fully saturated rings. The molecule has 90 valence electrons. The number of carbonyl (C=O) groups is 1. The van der Waals surface area contributed by atoms with E-state index in [-0.39, 0.29) is 24.5 Å². The van der Waals surface area contributed by atoms with Crippen LogP contribution in [0.1, 0.15) is 32.1 Å². The number of aliphatic hydroxyl groups excluding tert-OH is 1. The van der Waals surface area contributed by atoms with Crippen molar-refractivity contribution in [3.63, 3.8) is 0 Å². The van der Waals surface area contributed by atoms with E-state index >= 15 is 0 Å². The predicted octanol–water partition coefficient (Wildman–Crippen LogP) is 0.110. The maximum absolute atomic E-state index is 12.4. The minimum atomic E-state index is 0.0895. The first kappa shape index (κ1) is 10.5. The molecule has 3 rings (SSSR count). The molecule has 2 bridgehead atoms. The lowest BCUT2D eigenvalue weighted by Gasteiger charge is -2.29. The number of carbonyl (C=O) groups excluding carboxylic acids is 1. The van der Waals surface area contributed by atoms with Gasteiger partial charge in [0, 0.05) is 18.6 Å². The molecule has 16 heavy (non-hydrogen) atoms. The van der Waals surface area contributed by atoms with E-state index in [2.05, 4.69) is 5.32 Å². The largest absolute Gasteiger partial charge is 0.394 e. The van der Waals surface area contributed by atoms with E-state index in [9.17, 15) is 9.90 Å². The van der Waals surface area contributed by atoms with E-state index in [1.807, 2.05) is 4.90 Å². The molecule has 3 heterocycles. The molecule has 0 aliphatic carbocycles. The summed E-state index contributed by atoms with van der Waals surface area (Å²) < 4.78 is 0. The molecular weight excluding hydrogens is 204 g/mol. The van der Waals surface area contributed by atoms with Gasteiger partial charge in [0.15, 0.2) is 0 Å². The maximum Gasteiger partial charge on any atom is 0.227 e. The number of rotatable bonds is 2. The Kier molecular flexibility index (Phi) is 2.64. The van der Waals surface area contributed by atoms with Crippen molar-refractivity contribution < 1.29 is 9.90 Å². The highest BCUT2D eigenvalue weighted by Gasteiger charge is 2.45. The lowest BCUT2D eigenvalue weighted by atomic mass is 9.88. The molecule has 3 aliphatic rings. The number of hydrogen-bond acceptors (Lipinski definition) is 3. The standard InChI is InChI=1S/C12H20N2O2/c15-7-9-2-1-5-14(9)12(16)10-6-8-3-4-11(10)13-8/h8-11,13,15H,1-7H2. The van der Waals surface area contributed by atoms with E-state index in [0.717, 1.165) is 32.2 Å². The van der Waals surface area contributed by atoms with Crippen LogP contribution in [0.5, 0.6) is 0 Å². The Labute approximate surface area is 96.0 Å². The highest BCUT2D eigenvalue weighted by molar-refractivity contribution is 5.81. The Balaban J connectivity index is 1.68. The summed E-state index contributed by atoms with van der Waals surface area (Å²) >= 11 is 0. The van der Waals surface area contributed by atoms with Crippen LogP contribution in [0.3, 0.4) is 0 Å². The number of nitrogens with zero attached hydrogens (tertiary/aromatic N) is 1. The van der Waals surface area contributed by atoms with Crippen molar-refractivity contribution in [2.75, 3.05) is 13.2 Å². The van der Waals surface area contributed by atoms with Crippen molar-refractivity contribution in [3.05, 3.63) is 0 Å². The molecule has 1 amide bonds. The van der Waals surface area contributed by atoms with E-state index in [0.29, 0.717) is 12.1 Å². The second kappa shape index (κ2) is 4.00. The van der Waals surface area contributed by atoms with Crippen LogP contribution >= 0.6 is 0 Å². The van der Waals surface area contributed by atoms with E-state index in [4.69, 9.17) is 0 Å². The molecule has 3 saturated heterocycles. The lowest BCUT2D eigenvalue weighted by Crippen LogP contribution is -2.44. The molecule has 0 saturated carbocycles. The van der Waals surface area contributed by atoms with Gasteiger partial charge in [-0.2, -0.15) is 0 Å². The Hall–Kier alpha value is -0.610. The van der Waals surface area contributed by atoms with Crippen molar-refractivity contribution in [3.8, 4) is 0 Å².